The van der Waals surface area contributed by atoms with Gasteiger partial charge in [-0.25, -0.2) is 9.18 Å². The zero-order valence-electron chi connectivity index (χ0n) is 11.2. The molecule has 0 spiro atoms. The molecule has 2 aromatic rings. The van der Waals surface area contributed by atoms with Crippen molar-refractivity contribution < 1.29 is 14.3 Å². The minimum absolute atomic E-state index is 0.160. The number of aromatic carboxylic acids is 1. The number of hydrogen-bond donors (Lipinski definition) is 3. The topological polar surface area (TPSA) is 75.3 Å². The zero-order valence-corrected chi connectivity index (χ0v) is 12.0. The summed E-state index contributed by atoms with van der Waals surface area (Å²) in [5.74, 6) is -2.20. The van der Waals surface area contributed by atoms with Crippen LogP contribution in [0.2, 0.25) is 5.02 Å². The highest BCUT2D eigenvalue weighted by Gasteiger charge is 2.16. The minimum atomic E-state index is -1.36. The molecule has 0 aromatic heterocycles. The number of nitrogens with one attached hydrogen (secondary N) is 1. The van der Waals surface area contributed by atoms with Crippen molar-refractivity contribution in [1.29, 1.82) is 0 Å². The highest BCUT2D eigenvalue weighted by Crippen LogP contribution is 2.29. The monoisotopic (exact) mass is 308 g/mol. The fourth-order valence-electron chi connectivity index (χ4n) is 2.02. The van der Waals surface area contributed by atoms with Crippen LogP contribution in [0.1, 0.15) is 28.9 Å². The van der Waals surface area contributed by atoms with Gasteiger partial charge >= 0.3 is 5.97 Å². The number of benzene rings is 2. The van der Waals surface area contributed by atoms with Gasteiger partial charge in [0, 0.05) is 5.02 Å². The van der Waals surface area contributed by atoms with Crippen LogP contribution >= 0.6 is 11.6 Å². The number of nitrogen functional groups attached to an aromatic ring is 1. The van der Waals surface area contributed by atoms with Crippen molar-refractivity contribution in [3.8, 4) is 0 Å². The molecule has 0 amide bonds. The molecule has 0 saturated heterocycles. The number of carboxylic acids is 1. The van der Waals surface area contributed by atoms with E-state index >= 15 is 0 Å². The number of halogens is 2. The minimum Gasteiger partial charge on any atom is -0.478 e. The van der Waals surface area contributed by atoms with Gasteiger partial charge in [0.15, 0.2) is 0 Å². The van der Waals surface area contributed by atoms with Crippen molar-refractivity contribution in [2.75, 3.05) is 11.1 Å². The number of carboxylic acid groups (broad SMARTS) is 1. The first-order valence-corrected chi connectivity index (χ1v) is 6.61. The summed E-state index contributed by atoms with van der Waals surface area (Å²) in [4.78, 5) is 10.8. The molecule has 0 saturated carbocycles. The van der Waals surface area contributed by atoms with Gasteiger partial charge < -0.3 is 16.2 Å². The molecule has 1 atom stereocenters. The molecule has 0 aliphatic rings. The molecule has 0 aliphatic carbocycles. The summed E-state index contributed by atoms with van der Waals surface area (Å²) in [5, 5.41) is 12.5. The maximum Gasteiger partial charge on any atom is 0.338 e. The number of carbonyl (C=O) groups is 1. The fourth-order valence-corrected chi connectivity index (χ4v) is 2.32. The maximum absolute atomic E-state index is 13.7. The Morgan fingerprint density at radius 1 is 1.38 bits per heavy atom. The van der Waals surface area contributed by atoms with Gasteiger partial charge in [-0.05, 0) is 30.7 Å². The first-order chi connectivity index (χ1) is 9.90. The van der Waals surface area contributed by atoms with E-state index in [-0.39, 0.29) is 11.7 Å². The van der Waals surface area contributed by atoms with E-state index in [1.165, 1.54) is 0 Å². The summed E-state index contributed by atoms with van der Waals surface area (Å²) in [6.45, 7) is 1.85. The Kier molecular flexibility index (Phi) is 4.33. The number of anilines is 2. The van der Waals surface area contributed by atoms with E-state index < -0.39 is 17.3 Å². The molecule has 6 heteroatoms. The summed E-state index contributed by atoms with van der Waals surface area (Å²) < 4.78 is 13.7. The molecular formula is C15H14ClFN2O2. The summed E-state index contributed by atoms with van der Waals surface area (Å²) in [5.41, 5.74) is 6.63. The van der Waals surface area contributed by atoms with E-state index in [9.17, 15) is 9.18 Å². The SMILES string of the molecule is CC(Nc1cc(F)c(C(=O)O)cc1N)c1ccccc1Cl. The van der Waals surface area contributed by atoms with Gasteiger partial charge in [-0.1, -0.05) is 29.8 Å². The Balaban J connectivity index is 2.30. The third kappa shape index (κ3) is 3.25. The average Bonchev–Trinajstić information content (AvgIpc) is 2.42. The van der Waals surface area contributed by atoms with Gasteiger partial charge in [0.1, 0.15) is 5.82 Å². The lowest BCUT2D eigenvalue weighted by Crippen LogP contribution is -2.11. The third-order valence-corrected chi connectivity index (χ3v) is 3.46. The second kappa shape index (κ2) is 6.01. The molecule has 0 radical (unpaired) electrons. The molecule has 4 N–H and O–H groups in total. The van der Waals surface area contributed by atoms with E-state index in [4.69, 9.17) is 22.4 Å². The Labute approximate surface area is 126 Å². The van der Waals surface area contributed by atoms with E-state index in [0.717, 1.165) is 17.7 Å². The van der Waals surface area contributed by atoms with Crippen molar-refractivity contribution in [2.45, 2.75) is 13.0 Å². The smallest absolute Gasteiger partial charge is 0.338 e. The van der Waals surface area contributed by atoms with Crippen LogP contribution in [0.25, 0.3) is 0 Å². The van der Waals surface area contributed by atoms with Gasteiger partial charge in [0.05, 0.1) is 23.0 Å². The normalized spacial score (nSPS) is 12.0. The maximum atomic E-state index is 13.7. The molecule has 2 rings (SSSR count). The molecule has 110 valence electrons. The standard InChI is InChI=1S/C15H14ClFN2O2/c1-8(9-4-2-3-5-11(9)16)19-14-7-12(17)10(15(20)21)6-13(14)18/h2-8,19H,18H2,1H3,(H,20,21). The molecule has 4 nitrogen and oxygen atoms in total. The van der Waals surface area contributed by atoms with Crippen LogP contribution in [0, 0.1) is 5.82 Å². The van der Waals surface area contributed by atoms with Crippen LogP contribution in [0.3, 0.4) is 0 Å². The molecule has 0 aliphatic heterocycles. The predicted octanol–water partition coefficient (Wildman–Crippen LogP) is 3.93. The van der Waals surface area contributed by atoms with E-state index in [2.05, 4.69) is 5.32 Å². The fraction of sp³-hybridized carbons (Fsp3) is 0.133. The van der Waals surface area contributed by atoms with Gasteiger partial charge in [-0.2, -0.15) is 0 Å². The zero-order chi connectivity index (χ0) is 15.6. The molecule has 21 heavy (non-hydrogen) atoms. The lowest BCUT2D eigenvalue weighted by atomic mass is 10.1. The van der Waals surface area contributed by atoms with Gasteiger partial charge in [0.2, 0.25) is 0 Å². The molecule has 0 bridgehead atoms. The van der Waals surface area contributed by atoms with Crippen molar-refractivity contribution in [3.63, 3.8) is 0 Å². The van der Waals surface area contributed by atoms with Crippen molar-refractivity contribution in [2.24, 2.45) is 0 Å². The van der Waals surface area contributed by atoms with Gasteiger partial charge in [-0.15, -0.1) is 0 Å². The van der Waals surface area contributed by atoms with Crippen LogP contribution in [-0.2, 0) is 0 Å². The Hall–Kier alpha value is -2.27. The average molecular weight is 309 g/mol. The van der Waals surface area contributed by atoms with Crippen LogP contribution < -0.4 is 11.1 Å². The highest BCUT2D eigenvalue weighted by atomic mass is 35.5. The van der Waals surface area contributed by atoms with E-state index in [1.807, 2.05) is 25.1 Å². The second-order valence-corrected chi connectivity index (χ2v) is 5.02. The van der Waals surface area contributed by atoms with Gasteiger partial charge in [-0.3, -0.25) is 0 Å². The van der Waals surface area contributed by atoms with Crippen LogP contribution in [0.4, 0.5) is 15.8 Å². The quantitative estimate of drug-likeness (QED) is 0.748. The highest BCUT2D eigenvalue weighted by molar-refractivity contribution is 6.31. The molecule has 0 heterocycles. The third-order valence-electron chi connectivity index (χ3n) is 3.11. The largest absolute Gasteiger partial charge is 0.478 e. The lowest BCUT2D eigenvalue weighted by molar-refractivity contribution is 0.0692. The molecule has 1 unspecified atom stereocenters. The van der Waals surface area contributed by atoms with E-state index in [0.29, 0.717) is 10.7 Å². The Morgan fingerprint density at radius 3 is 2.67 bits per heavy atom. The van der Waals surface area contributed by atoms with Crippen LogP contribution in [0.5, 0.6) is 0 Å². The predicted molar refractivity (Wildman–Crippen MR) is 81.3 cm³/mol. The summed E-state index contributed by atoms with van der Waals surface area (Å²) in [6.07, 6.45) is 0. The number of hydrogen-bond acceptors (Lipinski definition) is 3. The first kappa shape index (κ1) is 15.1. The second-order valence-electron chi connectivity index (χ2n) is 4.61. The Morgan fingerprint density at radius 2 is 2.05 bits per heavy atom. The van der Waals surface area contributed by atoms with Gasteiger partial charge in [0.25, 0.3) is 0 Å². The van der Waals surface area contributed by atoms with Crippen molar-refractivity contribution in [1.82, 2.24) is 0 Å². The summed E-state index contributed by atoms with van der Waals surface area (Å²) in [7, 11) is 0. The Bertz CT molecular complexity index is 691. The molecule has 2 aromatic carbocycles. The number of nitrogens with two attached hydrogens (primary N) is 1. The number of rotatable bonds is 4. The molecule has 0 fully saturated rings. The van der Waals surface area contributed by atoms with E-state index in [1.54, 1.807) is 6.07 Å². The van der Waals surface area contributed by atoms with Crippen LogP contribution in [0.15, 0.2) is 36.4 Å². The van der Waals surface area contributed by atoms with Crippen molar-refractivity contribution in [3.05, 3.63) is 58.4 Å². The first-order valence-electron chi connectivity index (χ1n) is 6.23. The van der Waals surface area contributed by atoms with Crippen LogP contribution in [-0.4, -0.2) is 11.1 Å². The lowest BCUT2D eigenvalue weighted by Gasteiger charge is -2.18. The molecular weight excluding hydrogens is 295 g/mol. The summed E-state index contributed by atoms with van der Waals surface area (Å²) >= 11 is 6.10. The van der Waals surface area contributed by atoms with Crippen molar-refractivity contribution >= 4 is 28.9 Å². The summed E-state index contributed by atoms with van der Waals surface area (Å²) in [6, 6.07) is 9.22.